The lowest BCUT2D eigenvalue weighted by Gasteiger charge is -2.12. The normalized spacial score (nSPS) is 10.3. The molecule has 2 aromatic carbocycles. The van der Waals surface area contributed by atoms with Crippen LogP contribution in [0.15, 0.2) is 48.5 Å². The molecule has 0 unspecified atom stereocenters. The maximum atomic E-state index is 12.1. The number of hydrogen-bond acceptors (Lipinski definition) is 3. The summed E-state index contributed by atoms with van der Waals surface area (Å²) in [6.07, 6.45) is 4.70. The smallest absolute Gasteiger partial charge is 0.262 e. The Balaban J connectivity index is 1.84. The average Bonchev–Trinajstić information content (AvgIpc) is 2.67. The first-order chi connectivity index (χ1) is 13.0. The van der Waals surface area contributed by atoms with Crippen molar-refractivity contribution in [1.82, 2.24) is 4.90 Å². The summed E-state index contributed by atoms with van der Waals surface area (Å²) in [6, 6.07) is 14.7. The van der Waals surface area contributed by atoms with Gasteiger partial charge < -0.3 is 15.0 Å². The molecule has 5 nitrogen and oxygen atoms in total. The molecule has 0 spiro atoms. The van der Waals surface area contributed by atoms with Crippen LogP contribution >= 0.6 is 0 Å². The quantitative estimate of drug-likeness (QED) is 0.677. The van der Waals surface area contributed by atoms with Crippen LogP contribution in [-0.4, -0.2) is 37.4 Å². The molecule has 27 heavy (non-hydrogen) atoms. The molecule has 5 heteroatoms. The van der Waals surface area contributed by atoms with E-state index in [-0.39, 0.29) is 18.4 Å². The fourth-order valence-electron chi connectivity index (χ4n) is 2.67. The minimum atomic E-state index is -0.267. The predicted molar refractivity (Wildman–Crippen MR) is 108 cm³/mol. The molecular formula is C22H28N2O3. The second-order valence-corrected chi connectivity index (χ2v) is 6.72. The molecule has 0 saturated carbocycles. The zero-order chi connectivity index (χ0) is 19.6. The maximum Gasteiger partial charge on any atom is 0.262 e. The van der Waals surface area contributed by atoms with Crippen molar-refractivity contribution in [3.8, 4) is 5.75 Å². The summed E-state index contributed by atoms with van der Waals surface area (Å²) in [5, 5.41) is 2.76. The summed E-state index contributed by atoms with van der Waals surface area (Å²) in [4.78, 5) is 25.6. The Morgan fingerprint density at radius 2 is 1.78 bits per heavy atom. The molecule has 0 bridgehead atoms. The summed E-state index contributed by atoms with van der Waals surface area (Å²) in [5.74, 6) is 0.291. The number of aryl methyl sites for hydroxylation is 1. The Bertz CT molecular complexity index is 754. The topological polar surface area (TPSA) is 58.6 Å². The van der Waals surface area contributed by atoms with Crippen molar-refractivity contribution in [3.05, 3.63) is 59.7 Å². The minimum absolute atomic E-state index is 0.0823. The highest BCUT2D eigenvalue weighted by Crippen LogP contribution is 2.15. The molecule has 1 N–H and O–H groups in total. The van der Waals surface area contributed by atoms with Gasteiger partial charge in [0.2, 0.25) is 0 Å². The largest absolute Gasteiger partial charge is 0.484 e. The van der Waals surface area contributed by atoms with Gasteiger partial charge >= 0.3 is 0 Å². The molecule has 0 aliphatic heterocycles. The first-order valence-corrected chi connectivity index (χ1v) is 9.33. The van der Waals surface area contributed by atoms with Crippen molar-refractivity contribution in [2.45, 2.75) is 32.6 Å². The molecule has 0 aliphatic rings. The van der Waals surface area contributed by atoms with E-state index >= 15 is 0 Å². The van der Waals surface area contributed by atoms with E-state index in [0.29, 0.717) is 17.0 Å². The third-order valence-electron chi connectivity index (χ3n) is 4.16. The van der Waals surface area contributed by atoms with Gasteiger partial charge in [0.25, 0.3) is 11.8 Å². The van der Waals surface area contributed by atoms with Crippen molar-refractivity contribution in [3.63, 3.8) is 0 Å². The molecule has 0 radical (unpaired) electrons. The van der Waals surface area contributed by atoms with Crippen LogP contribution in [0, 0.1) is 0 Å². The van der Waals surface area contributed by atoms with Gasteiger partial charge in [0.15, 0.2) is 6.61 Å². The van der Waals surface area contributed by atoms with Crippen LogP contribution in [-0.2, 0) is 11.2 Å². The molecule has 2 aromatic rings. The van der Waals surface area contributed by atoms with E-state index in [0.717, 1.165) is 6.42 Å². The number of amides is 2. The SMILES string of the molecule is CCCCCc1ccc(OCC(=O)Nc2cccc(C(=O)N(C)C)c2)cc1. The van der Waals surface area contributed by atoms with Crippen molar-refractivity contribution < 1.29 is 14.3 Å². The van der Waals surface area contributed by atoms with E-state index in [9.17, 15) is 9.59 Å². The summed E-state index contributed by atoms with van der Waals surface area (Å²) in [6.45, 7) is 2.11. The van der Waals surface area contributed by atoms with E-state index in [4.69, 9.17) is 4.74 Å². The number of unbranched alkanes of at least 4 members (excludes halogenated alkanes) is 2. The van der Waals surface area contributed by atoms with E-state index in [1.807, 2.05) is 24.3 Å². The van der Waals surface area contributed by atoms with Gasteiger partial charge in [-0.1, -0.05) is 38.0 Å². The number of carbonyl (C=O) groups excluding carboxylic acids is 2. The number of nitrogens with zero attached hydrogens (tertiary/aromatic N) is 1. The highest BCUT2D eigenvalue weighted by Gasteiger charge is 2.10. The van der Waals surface area contributed by atoms with Crippen LogP contribution in [0.2, 0.25) is 0 Å². The minimum Gasteiger partial charge on any atom is -0.484 e. The van der Waals surface area contributed by atoms with Crippen LogP contribution in [0.1, 0.15) is 42.1 Å². The monoisotopic (exact) mass is 368 g/mol. The lowest BCUT2D eigenvalue weighted by molar-refractivity contribution is -0.118. The number of rotatable bonds is 9. The molecular weight excluding hydrogens is 340 g/mol. The Labute approximate surface area is 161 Å². The van der Waals surface area contributed by atoms with Gasteiger partial charge in [-0.2, -0.15) is 0 Å². The Morgan fingerprint density at radius 3 is 2.44 bits per heavy atom. The maximum absolute atomic E-state index is 12.1. The standard InChI is InChI=1S/C22H28N2O3/c1-4-5-6-8-17-11-13-20(14-12-17)27-16-21(25)23-19-10-7-9-18(15-19)22(26)24(2)3/h7,9-15H,4-6,8,16H2,1-3H3,(H,23,25). The van der Waals surface area contributed by atoms with E-state index in [1.54, 1.807) is 38.4 Å². The van der Waals surface area contributed by atoms with Gasteiger partial charge in [-0.15, -0.1) is 0 Å². The molecule has 2 amide bonds. The van der Waals surface area contributed by atoms with Crippen LogP contribution in [0.4, 0.5) is 5.69 Å². The van der Waals surface area contributed by atoms with Gasteiger partial charge in [-0.05, 0) is 48.7 Å². The van der Waals surface area contributed by atoms with E-state index in [1.165, 1.54) is 29.7 Å². The van der Waals surface area contributed by atoms with Crippen molar-refractivity contribution in [2.75, 3.05) is 26.0 Å². The molecule has 0 aliphatic carbocycles. The van der Waals surface area contributed by atoms with Crippen molar-refractivity contribution in [2.24, 2.45) is 0 Å². The number of nitrogens with one attached hydrogen (secondary N) is 1. The lowest BCUT2D eigenvalue weighted by atomic mass is 10.1. The Kier molecular flexibility index (Phi) is 7.86. The van der Waals surface area contributed by atoms with Crippen molar-refractivity contribution in [1.29, 1.82) is 0 Å². The molecule has 2 rings (SSSR count). The average molecular weight is 368 g/mol. The first-order valence-electron chi connectivity index (χ1n) is 9.33. The fraction of sp³-hybridized carbons (Fsp3) is 0.364. The highest BCUT2D eigenvalue weighted by molar-refractivity contribution is 5.97. The molecule has 0 saturated heterocycles. The van der Waals surface area contributed by atoms with Gasteiger partial charge in [-0.25, -0.2) is 0 Å². The predicted octanol–water partition coefficient (Wildman–Crippen LogP) is 4.14. The molecule has 0 atom stereocenters. The summed E-state index contributed by atoms with van der Waals surface area (Å²) in [5.41, 5.74) is 2.38. The number of anilines is 1. The molecule has 0 fully saturated rings. The third kappa shape index (κ3) is 6.77. The van der Waals surface area contributed by atoms with Gasteiger partial charge in [0.05, 0.1) is 0 Å². The van der Waals surface area contributed by atoms with E-state index in [2.05, 4.69) is 12.2 Å². The Morgan fingerprint density at radius 1 is 1.04 bits per heavy atom. The first kappa shape index (κ1) is 20.5. The zero-order valence-electron chi connectivity index (χ0n) is 16.3. The number of hydrogen-bond donors (Lipinski definition) is 1. The number of carbonyl (C=O) groups is 2. The van der Waals surface area contributed by atoms with Crippen molar-refractivity contribution >= 4 is 17.5 Å². The summed E-state index contributed by atoms with van der Waals surface area (Å²) < 4.78 is 5.55. The molecule has 0 aromatic heterocycles. The number of benzene rings is 2. The van der Waals surface area contributed by atoms with Crippen LogP contribution in [0.3, 0.4) is 0 Å². The zero-order valence-corrected chi connectivity index (χ0v) is 16.3. The summed E-state index contributed by atoms with van der Waals surface area (Å²) in [7, 11) is 3.38. The van der Waals surface area contributed by atoms with Crippen LogP contribution in [0.25, 0.3) is 0 Å². The highest BCUT2D eigenvalue weighted by atomic mass is 16.5. The van der Waals surface area contributed by atoms with Gasteiger partial charge in [0.1, 0.15) is 5.75 Å². The third-order valence-corrected chi connectivity index (χ3v) is 4.16. The second-order valence-electron chi connectivity index (χ2n) is 6.72. The second kappa shape index (κ2) is 10.4. The fourth-order valence-corrected chi connectivity index (χ4v) is 2.67. The van der Waals surface area contributed by atoms with E-state index < -0.39 is 0 Å². The van der Waals surface area contributed by atoms with Gasteiger partial charge in [0, 0.05) is 25.3 Å². The van der Waals surface area contributed by atoms with Gasteiger partial charge in [-0.3, -0.25) is 9.59 Å². The molecule has 144 valence electrons. The summed E-state index contributed by atoms with van der Waals surface area (Å²) >= 11 is 0. The van der Waals surface area contributed by atoms with Crippen LogP contribution < -0.4 is 10.1 Å². The Hall–Kier alpha value is -2.82. The lowest BCUT2D eigenvalue weighted by Crippen LogP contribution is -2.23. The number of ether oxygens (including phenoxy) is 1. The van der Waals surface area contributed by atoms with Crippen LogP contribution in [0.5, 0.6) is 5.75 Å². The molecule has 0 heterocycles.